The number of nitrogens with one attached hydrogen (secondary N) is 1. The highest BCUT2D eigenvalue weighted by molar-refractivity contribution is 5.86. The average molecular weight is 225 g/mol. The lowest BCUT2D eigenvalue weighted by Crippen LogP contribution is -2.62. The third kappa shape index (κ3) is 1.86. The molecule has 1 aromatic carbocycles. The van der Waals surface area contributed by atoms with E-state index in [9.17, 15) is 9.18 Å². The van der Waals surface area contributed by atoms with E-state index in [1.165, 1.54) is 19.2 Å². The van der Waals surface area contributed by atoms with E-state index in [0.717, 1.165) is 0 Å². The first-order chi connectivity index (χ1) is 7.66. The van der Waals surface area contributed by atoms with Crippen LogP contribution in [-0.4, -0.2) is 31.8 Å². The quantitative estimate of drug-likeness (QED) is 0.785. The van der Waals surface area contributed by atoms with Gasteiger partial charge in [0.2, 0.25) is 0 Å². The molecule has 2 rings (SSSR count). The lowest BCUT2D eigenvalue weighted by molar-refractivity contribution is -0.161. The molecule has 1 aromatic rings. The molecule has 0 atom stereocenters. The number of carbonyl (C=O) groups excluding carboxylic acids is 1. The van der Waals surface area contributed by atoms with Crippen molar-refractivity contribution in [2.45, 2.75) is 5.54 Å². The second kappa shape index (κ2) is 4.09. The lowest BCUT2D eigenvalue weighted by Gasteiger charge is -2.39. The van der Waals surface area contributed by atoms with Gasteiger partial charge in [-0.2, -0.15) is 0 Å². The highest BCUT2D eigenvalue weighted by Crippen LogP contribution is 2.24. The summed E-state index contributed by atoms with van der Waals surface area (Å²) in [5.41, 5.74) is -0.165. The molecule has 0 spiro atoms. The van der Waals surface area contributed by atoms with Gasteiger partial charge in [-0.1, -0.05) is 0 Å². The third-order valence-corrected chi connectivity index (χ3v) is 2.50. The SMILES string of the molecule is COC(=O)C1(Nc2ccc(F)cc2)COC1. The molecule has 16 heavy (non-hydrogen) atoms. The normalized spacial score (nSPS) is 17.4. The molecule has 0 saturated carbocycles. The highest BCUT2D eigenvalue weighted by Gasteiger charge is 2.47. The number of anilines is 1. The maximum atomic E-state index is 12.7. The Morgan fingerprint density at radius 1 is 1.44 bits per heavy atom. The van der Waals surface area contributed by atoms with Crippen LogP contribution in [0.2, 0.25) is 0 Å². The highest BCUT2D eigenvalue weighted by atomic mass is 19.1. The van der Waals surface area contributed by atoms with Crippen molar-refractivity contribution in [3.63, 3.8) is 0 Å². The standard InChI is InChI=1S/C11H12FNO3/c1-15-10(14)11(6-16-7-11)13-9-4-2-8(12)3-5-9/h2-5,13H,6-7H2,1H3. The van der Waals surface area contributed by atoms with E-state index in [1.807, 2.05) is 0 Å². The van der Waals surface area contributed by atoms with E-state index in [4.69, 9.17) is 9.47 Å². The van der Waals surface area contributed by atoms with Gasteiger partial charge < -0.3 is 14.8 Å². The number of ether oxygens (including phenoxy) is 2. The predicted molar refractivity (Wildman–Crippen MR) is 55.6 cm³/mol. The zero-order chi connectivity index (χ0) is 11.6. The number of esters is 1. The van der Waals surface area contributed by atoms with E-state index >= 15 is 0 Å². The maximum Gasteiger partial charge on any atom is 0.336 e. The van der Waals surface area contributed by atoms with E-state index in [0.29, 0.717) is 5.69 Å². The van der Waals surface area contributed by atoms with Crippen LogP contribution in [0.5, 0.6) is 0 Å². The van der Waals surface area contributed by atoms with E-state index in [1.54, 1.807) is 12.1 Å². The molecule has 1 saturated heterocycles. The van der Waals surface area contributed by atoms with E-state index in [2.05, 4.69) is 5.32 Å². The molecule has 0 radical (unpaired) electrons. The average Bonchev–Trinajstić information content (AvgIpc) is 2.25. The fourth-order valence-corrected chi connectivity index (χ4v) is 1.55. The molecule has 0 aliphatic carbocycles. The van der Waals surface area contributed by atoms with Crippen LogP contribution in [0.1, 0.15) is 0 Å². The number of carbonyl (C=O) groups is 1. The summed E-state index contributed by atoms with van der Waals surface area (Å²) in [6.45, 7) is 0.522. The van der Waals surface area contributed by atoms with Gasteiger partial charge in [0.15, 0.2) is 5.54 Å². The molecule has 0 amide bonds. The Balaban J connectivity index is 2.13. The zero-order valence-corrected chi connectivity index (χ0v) is 8.83. The summed E-state index contributed by atoms with van der Waals surface area (Å²) in [5, 5.41) is 3.00. The van der Waals surface area contributed by atoms with Gasteiger partial charge in [0.25, 0.3) is 0 Å². The molecule has 0 aromatic heterocycles. The van der Waals surface area contributed by atoms with Crippen molar-refractivity contribution >= 4 is 11.7 Å². The van der Waals surface area contributed by atoms with Crippen molar-refractivity contribution in [3.05, 3.63) is 30.1 Å². The number of methoxy groups -OCH3 is 1. The molecule has 86 valence electrons. The number of hydrogen-bond acceptors (Lipinski definition) is 4. The van der Waals surface area contributed by atoms with Crippen LogP contribution in [0.4, 0.5) is 10.1 Å². The fraction of sp³-hybridized carbons (Fsp3) is 0.364. The largest absolute Gasteiger partial charge is 0.467 e. The summed E-state index contributed by atoms with van der Waals surface area (Å²) in [6.07, 6.45) is 0. The topological polar surface area (TPSA) is 47.6 Å². The summed E-state index contributed by atoms with van der Waals surface area (Å²) >= 11 is 0. The van der Waals surface area contributed by atoms with E-state index in [-0.39, 0.29) is 25.0 Å². The van der Waals surface area contributed by atoms with Gasteiger partial charge in [-0.15, -0.1) is 0 Å². The third-order valence-electron chi connectivity index (χ3n) is 2.50. The molecular formula is C11H12FNO3. The van der Waals surface area contributed by atoms with Gasteiger partial charge in [0.05, 0.1) is 20.3 Å². The smallest absolute Gasteiger partial charge is 0.336 e. The summed E-state index contributed by atoms with van der Waals surface area (Å²) < 4.78 is 22.4. The van der Waals surface area contributed by atoms with Crippen LogP contribution in [-0.2, 0) is 14.3 Å². The molecule has 0 bridgehead atoms. The van der Waals surface area contributed by atoms with Crippen LogP contribution >= 0.6 is 0 Å². The van der Waals surface area contributed by atoms with Crippen molar-refractivity contribution in [1.82, 2.24) is 0 Å². The van der Waals surface area contributed by atoms with Gasteiger partial charge in [-0.05, 0) is 24.3 Å². The summed E-state index contributed by atoms with van der Waals surface area (Å²) in [7, 11) is 1.33. The van der Waals surface area contributed by atoms with Crippen molar-refractivity contribution < 1.29 is 18.7 Å². The maximum absolute atomic E-state index is 12.7. The Kier molecular flexibility index (Phi) is 2.78. The van der Waals surface area contributed by atoms with Gasteiger partial charge >= 0.3 is 5.97 Å². The molecule has 1 heterocycles. The summed E-state index contributed by atoms with van der Waals surface area (Å²) in [6, 6.07) is 5.79. The Bertz CT molecular complexity index is 387. The fourth-order valence-electron chi connectivity index (χ4n) is 1.55. The molecule has 5 heteroatoms. The van der Waals surface area contributed by atoms with Crippen molar-refractivity contribution in [2.75, 3.05) is 25.6 Å². The lowest BCUT2D eigenvalue weighted by atomic mass is 9.97. The predicted octanol–water partition coefficient (Wildman–Crippen LogP) is 1.18. The minimum Gasteiger partial charge on any atom is -0.467 e. The minimum atomic E-state index is -0.827. The van der Waals surface area contributed by atoms with Crippen LogP contribution in [0.25, 0.3) is 0 Å². The monoisotopic (exact) mass is 225 g/mol. The van der Waals surface area contributed by atoms with Crippen molar-refractivity contribution in [2.24, 2.45) is 0 Å². The van der Waals surface area contributed by atoms with Crippen LogP contribution in [0.3, 0.4) is 0 Å². The molecule has 0 unspecified atom stereocenters. The first-order valence-corrected chi connectivity index (χ1v) is 4.86. The Morgan fingerprint density at radius 3 is 2.50 bits per heavy atom. The van der Waals surface area contributed by atoms with Crippen LogP contribution in [0.15, 0.2) is 24.3 Å². The number of benzene rings is 1. The first-order valence-electron chi connectivity index (χ1n) is 4.86. The van der Waals surface area contributed by atoms with Crippen LogP contribution in [0, 0.1) is 5.82 Å². The Hall–Kier alpha value is -1.62. The van der Waals surface area contributed by atoms with Crippen molar-refractivity contribution in [3.8, 4) is 0 Å². The second-order valence-corrected chi connectivity index (χ2v) is 3.70. The minimum absolute atomic E-state index is 0.261. The molecule has 1 fully saturated rings. The number of rotatable bonds is 3. The molecule has 1 aliphatic heterocycles. The molecular weight excluding hydrogens is 213 g/mol. The number of hydrogen-bond donors (Lipinski definition) is 1. The Morgan fingerprint density at radius 2 is 2.06 bits per heavy atom. The van der Waals surface area contributed by atoms with Crippen LogP contribution < -0.4 is 5.32 Å². The zero-order valence-electron chi connectivity index (χ0n) is 8.83. The van der Waals surface area contributed by atoms with Gasteiger partial charge in [0, 0.05) is 5.69 Å². The number of halogens is 1. The Labute approximate surface area is 92.4 Å². The molecule has 1 N–H and O–H groups in total. The molecule has 4 nitrogen and oxygen atoms in total. The van der Waals surface area contributed by atoms with E-state index < -0.39 is 5.54 Å². The summed E-state index contributed by atoms with van der Waals surface area (Å²) in [5.74, 6) is -0.689. The first kappa shape index (κ1) is 10.9. The van der Waals surface area contributed by atoms with Gasteiger partial charge in [-0.25, -0.2) is 9.18 Å². The second-order valence-electron chi connectivity index (χ2n) is 3.70. The molecule has 1 aliphatic rings. The van der Waals surface area contributed by atoms with Gasteiger partial charge in [-0.3, -0.25) is 0 Å². The van der Waals surface area contributed by atoms with Gasteiger partial charge in [0.1, 0.15) is 5.82 Å². The van der Waals surface area contributed by atoms with Crippen molar-refractivity contribution in [1.29, 1.82) is 0 Å². The summed E-state index contributed by atoms with van der Waals surface area (Å²) in [4.78, 5) is 11.5.